The van der Waals surface area contributed by atoms with Crippen molar-refractivity contribution in [3.05, 3.63) is 30.3 Å². The summed E-state index contributed by atoms with van der Waals surface area (Å²) in [5.74, 6) is 0. The van der Waals surface area contributed by atoms with Crippen molar-refractivity contribution in [2.24, 2.45) is 0 Å². The second-order valence-electron chi connectivity index (χ2n) is 5.48. The molecule has 0 aliphatic heterocycles. The van der Waals surface area contributed by atoms with Crippen molar-refractivity contribution in [1.82, 2.24) is 4.90 Å². The molecular weight excluding hydrogens is 280 g/mol. The van der Waals surface area contributed by atoms with Crippen molar-refractivity contribution in [2.45, 2.75) is 45.1 Å². The van der Waals surface area contributed by atoms with E-state index in [1.807, 2.05) is 37.3 Å². The summed E-state index contributed by atoms with van der Waals surface area (Å²) in [7, 11) is 0. The van der Waals surface area contributed by atoms with Crippen LogP contribution < -0.4 is 5.32 Å². The molecule has 1 fully saturated rings. The minimum atomic E-state index is 0.558. The quantitative estimate of drug-likeness (QED) is 0.633. The maximum absolute atomic E-state index is 5.65. The molecule has 0 radical (unpaired) electrons. The molecule has 21 heavy (non-hydrogen) atoms. The molecule has 0 heterocycles. The third-order valence-electron chi connectivity index (χ3n) is 3.98. The van der Waals surface area contributed by atoms with Gasteiger partial charge in [-0.15, -0.1) is 0 Å². The van der Waals surface area contributed by atoms with Crippen LogP contribution in [-0.4, -0.2) is 35.8 Å². The monoisotopic (exact) mass is 306 g/mol. The van der Waals surface area contributed by atoms with Crippen LogP contribution >= 0.6 is 12.2 Å². The highest BCUT2D eigenvalue weighted by molar-refractivity contribution is 7.80. The summed E-state index contributed by atoms with van der Waals surface area (Å²) in [5, 5.41) is 4.19. The van der Waals surface area contributed by atoms with Crippen molar-refractivity contribution in [2.75, 3.05) is 25.1 Å². The number of benzene rings is 1. The fraction of sp³-hybridized carbons (Fsp3) is 0.588. The molecule has 1 aromatic carbocycles. The van der Waals surface area contributed by atoms with Gasteiger partial charge in [0.1, 0.15) is 0 Å². The fourth-order valence-corrected chi connectivity index (χ4v) is 3.22. The molecule has 0 saturated heterocycles. The summed E-state index contributed by atoms with van der Waals surface area (Å²) in [5.41, 5.74) is 1.06. The first-order chi connectivity index (χ1) is 10.3. The van der Waals surface area contributed by atoms with Crippen LogP contribution in [0.5, 0.6) is 0 Å². The predicted octanol–water partition coefficient (Wildman–Crippen LogP) is 4.05. The number of ether oxygens (including phenoxy) is 1. The average Bonchev–Trinajstić information content (AvgIpc) is 2.53. The molecule has 1 aliphatic carbocycles. The molecule has 0 bridgehead atoms. The van der Waals surface area contributed by atoms with Gasteiger partial charge >= 0.3 is 0 Å². The molecule has 0 atom stereocenters. The number of nitrogens with one attached hydrogen (secondary N) is 1. The van der Waals surface area contributed by atoms with Gasteiger partial charge in [0.2, 0.25) is 0 Å². The maximum atomic E-state index is 5.65. The molecule has 0 aromatic heterocycles. The molecule has 1 aromatic rings. The Hall–Kier alpha value is -1.13. The van der Waals surface area contributed by atoms with E-state index < -0.39 is 0 Å². The van der Waals surface area contributed by atoms with E-state index in [4.69, 9.17) is 17.0 Å². The molecule has 4 heteroatoms. The van der Waals surface area contributed by atoms with Gasteiger partial charge in [0, 0.05) is 24.9 Å². The van der Waals surface area contributed by atoms with Crippen LogP contribution in [0.15, 0.2) is 30.3 Å². The van der Waals surface area contributed by atoms with Gasteiger partial charge in [-0.25, -0.2) is 0 Å². The zero-order valence-electron chi connectivity index (χ0n) is 12.9. The summed E-state index contributed by atoms with van der Waals surface area (Å²) >= 11 is 5.65. The largest absolute Gasteiger partial charge is 0.380 e. The predicted molar refractivity (Wildman–Crippen MR) is 92.7 cm³/mol. The number of hydrogen-bond donors (Lipinski definition) is 1. The first kappa shape index (κ1) is 16.2. The van der Waals surface area contributed by atoms with Crippen LogP contribution in [0.1, 0.15) is 39.0 Å². The second-order valence-corrected chi connectivity index (χ2v) is 5.87. The summed E-state index contributed by atoms with van der Waals surface area (Å²) in [6.07, 6.45) is 6.45. The van der Waals surface area contributed by atoms with Crippen LogP contribution in [0.4, 0.5) is 5.69 Å². The third kappa shape index (κ3) is 5.29. The zero-order valence-corrected chi connectivity index (χ0v) is 13.7. The Kier molecular flexibility index (Phi) is 6.96. The lowest BCUT2D eigenvalue weighted by atomic mass is 9.94. The average molecular weight is 306 g/mol. The summed E-state index contributed by atoms with van der Waals surface area (Å²) in [6.45, 7) is 4.41. The summed E-state index contributed by atoms with van der Waals surface area (Å²) < 4.78 is 5.53. The molecule has 1 N–H and O–H groups in total. The van der Waals surface area contributed by atoms with Gasteiger partial charge in [0.15, 0.2) is 5.11 Å². The Labute approximate surface area is 133 Å². The van der Waals surface area contributed by atoms with Crippen LogP contribution in [0.3, 0.4) is 0 Å². The lowest BCUT2D eigenvalue weighted by Gasteiger charge is -2.36. The molecule has 1 saturated carbocycles. The fourth-order valence-electron chi connectivity index (χ4n) is 2.87. The molecule has 2 rings (SSSR count). The smallest absolute Gasteiger partial charge is 0.173 e. The van der Waals surface area contributed by atoms with Crippen molar-refractivity contribution in [3.63, 3.8) is 0 Å². The molecule has 1 aliphatic rings. The number of hydrogen-bond acceptors (Lipinski definition) is 2. The number of rotatable bonds is 6. The van der Waals surface area contributed by atoms with Crippen molar-refractivity contribution < 1.29 is 4.74 Å². The SMILES string of the molecule is CCOCCN(C(=S)Nc1ccccc1)C1CCCCC1. The van der Waals surface area contributed by atoms with E-state index in [-0.39, 0.29) is 0 Å². The van der Waals surface area contributed by atoms with E-state index in [0.717, 1.165) is 30.6 Å². The topological polar surface area (TPSA) is 24.5 Å². The van der Waals surface area contributed by atoms with Gasteiger partial charge in [-0.3, -0.25) is 0 Å². The molecule has 0 unspecified atom stereocenters. The van der Waals surface area contributed by atoms with Gasteiger partial charge in [-0.05, 0) is 44.1 Å². The van der Waals surface area contributed by atoms with Gasteiger partial charge < -0.3 is 15.0 Å². The molecule has 3 nitrogen and oxygen atoms in total. The van der Waals surface area contributed by atoms with E-state index in [1.165, 1.54) is 32.1 Å². The minimum Gasteiger partial charge on any atom is -0.380 e. The first-order valence-corrected chi connectivity index (χ1v) is 8.42. The number of para-hydroxylation sites is 1. The second kappa shape index (κ2) is 9.00. The highest BCUT2D eigenvalue weighted by atomic mass is 32.1. The van der Waals surface area contributed by atoms with E-state index in [0.29, 0.717) is 6.04 Å². The van der Waals surface area contributed by atoms with Crippen LogP contribution in [-0.2, 0) is 4.74 Å². The Morgan fingerprint density at radius 2 is 1.95 bits per heavy atom. The maximum Gasteiger partial charge on any atom is 0.173 e. The van der Waals surface area contributed by atoms with E-state index in [1.54, 1.807) is 0 Å². The van der Waals surface area contributed by atoms with Crippen molar-refractivity contribution in [3.8, 4) is 0 Å². The van der Waals surface area contributed by atoms with E-state index in [2.05, 4.69) is 10.2 Å². The van der Waals surface area contributed by atoms with Crippen molar-refractivity contribution in [1.29, 1.82) is 0 Å². The Morgan fingerprint density at radius 1 is 1.24 bits per heavy atom. The van der Waals surface area contributed by atoms with E-state index in [9.17, 15) is 0 Å². The zero-order chi connectivity index (χ0) is 14.9. The summed E-state index contributed by atoms with van der Waals surface area (Å²) in [4.78, 5) is 2.33. The van der Waals surface area contributed by atoms with E-state index >= 15 is 0 Å². The lowest BCUT2D eigenvalue weighted by Crippen LogP contribution is -2.45. The molecular formula is C17H26N2OS. The number of nitrogens with zero attached hydrogens (tertiary/aromatic N) is 1. The lowest BCUT2D eigenvalue weighted by molar-refractivity contribution is 0.117. The molecule has 116 valence electrons. The Morgan fingerprint density at radius 3 is 2.62 bits per heavy atom. The highest BCUT2D eigenvalue weighted by Gasteiger charge is 2.23. The molecule has 0 amide bonds. The minimum absolute atomic E-state index is 0.558. The summed E-state index contributed by atoms with van der Waals surface area (Å²) in [6, 6.07) is 10.7. The molecule has 0 spiro atoms. The van der Waals surface area contributed by atoms with Crippen LogP contribution in [0, 0.1) is 0 Å². The third-order valence-corrected chi connectivity index (χ3v) is 4.32. The van der Waals surface area contributed by atoms with Gasteiger partial charge in [0.05, 0.1) is 6.61 Å². The number of thiocarbonyl (C=S) groups is 1. The Balaban J connectivity index is 1.97. The van der Waals surface area contributed by atoms with Crippen LogP contribution in [0.25, 0.3) is 0 Å². The Bertz CT molecular complexity index is 418. The number of anilines is 1. The van der Waals surface area contributed by atoms with Crippen LogP contribution in [0.2, 0.25) is 0 Å². The van der Waals surface area contributed by atoms with Gasteiger partial charge in [0.25, 0.3) is 0 Å². The standard InChI is InChI=1S/C17H26N2OS/c1-2-20-14-13-19(16-11-7-4-8-12-16)17(21)18-15-9-5-3-6-10-15/h3,5-6,9-10,16H,2,4,7-8,11-14H2,1H3,(H,18,21). The van der Waals surface area contributed by atoms with Gasteiger partial charge in [-0.1, -0.05) is 37.5 Å². The highest BCUT2D eigenvalue weighted by Crippen LogP contribution is 2.23. The normalized spacial score (nSPS) is 15.7. The van der Waals surface area contributed by atoms with Gasteiger partial charge in [-0.2, -0.15) is 0 Å². The first-order valence-electron chi connectivity index (χ1n) is 8.01. The van der Waals surface area contributed by atoms with Crippen molar-refractivity contribution >= 4 is 23.0 Å².